The molecule has 0 radical (unpaired) electrons. The van der Waals surface area contributed by atoms with Crippen molar-refractivity contribution in [2.75, 3.05) is 0 Å². The van der Waals surface area contributed by atoms with E-state index in [2.05, 4.69) is 10.3 Å². The van der Waals surface area contributed by atoms with Gasteiger partial charge in [0.25, 0.3) is 5.91 Å². The van der Waals surface area contributed by atoms with Gasteiger partial charge in [0.1, 0.15) is 10.8 Å². The van der Waals surface area contributed by atoms with E-state index in [9.17, 15) is 14.7 Å². The number of halogens is 2. The summed E-state index contributed by atoms with van der Waals surface area (Å²) in [4.78, 5) is 25.8. The summed E-state index contributed by atoms with van der Waals surface area (Å²) < 4.78 is 0. The maximum atomic E-state index is 12.0. The van der Waals surface area contributed by atoms with E-state index in [4.69, 9.17) is 23.2 Å². The van der Waals surface area contributed by atoms with Crippen LogP contribution in [-0.2, 0) is 4.79 Å². The highest BCUT2D eigenvalue weighted by molar-refractivity contribution is 6.41. The number of aromatic amines is 1. The molecule has 1 aromatic heterocycles. The summed E-state index contributed by atoms with van der Waals surface area (Å²) in [6.07, 6.45) is 0. The molecule has 0 aliphatic carbocycles. The SMILES string of the molecule is O=C(N[C@H](C(=O)O)c1ccccc1)c1cc(Cl)c(Cl)[nH]1. The maximum Gasteiger partial charge on any atom is 0.330 e. The topological polar surface area (TPSA) is 82.2 Å². The van der Waals surface area contributed by atoms with Crippen LogP contribution in [0.4, 0.5) is 0 Å². The standard InChI is InChI=1S/C13H10Cl2N2O3/c14-8-6-9(16-11(8)15)12(18)17-10(13(19)20)7-4-2-1-3-5-7/h1-6,10,16H,(H,17,18)(H,19,20)/t10-/m0/s1. The van der Waals surface area contributed by atoms with Crippen LogP contribution in [0.25, 0.3) is 0 Å². The quantitative estimate of drug-likeness (QED) is 0.811. The summed E-state index contributed by atoms with van der Waals surface area (Å²) in [5, 5.41) is 11.9. The number of nitrogens with one attached hydrogen (secondary N) is 2. The van der Waals surface area contributed by atoms with Gasteiger partial charge in [-0.2, -0.15) is 0 Å². The number of benzene rings is 1. The van der Waals surface area contributed by atoms with Crippen molar-refractivity contribution in [3.05, 3.63) is 57.8 Å². The Bertz CT molecular complexity index is 621. The minimum absolute atomic E-state index is 0.0992. The number of carboxylic acids is 1. The first kappa shape index (κ1) is 14.4. The lowest BCUT2D eigenvalue weighted by Crippen LogP contribution is -2.33. The van der Waals surface area contributed by atoms with Crippen molar-refractivity contribution >= 4 is 35.1 Å². The van der Waals surface area contributed by atoms with Crippen LogP contribution in [0, 0.1) is 0 Å². The third-order valence-electron chi connectivity index (χ3n) is 2.63. The van der Waals surface area contributed by atoms with Crippen LogP contribution in [0.15, 0.2) is 36.4 Å². The van der Waals surface area contributed by atoms with Gasteiger partial charge in [-0.25, -0.2) is 4.79 Å². The van der Waals surface area contributed by atoms with Crippen molar-refractivity contribution in [3.63, 3.8) is 0 Å². The number of rotatable bonds is 4. The first-order valence-corrected chi connectivity index (χ1v) is 6.37. The number of aliphatic carboxylic acids is 1. The summed E-state index contributed by atoms with van der Waals surface area (Å²) in [5.41, 5.74) is 0.569. The second-order valence-corrected chi connectivity index (χ2v) is 4.79. The van der Waals surface area contributed by atoms with Crippen molar-refractivity contribution in [1.82, 2.24) is 10.3 Å². The lowest BCUT2D eigenvalue weighted by molar-refractivity contribution is -0.139. The number of hydrogen-bond donors (Lipinski definition) is 3. The van der Waals surface area contributed by atoms with E-state index >= 15 is 0 Å². The zero-order valence-electron chi connectivity index (χ0n) is 10.1. The van der Waals surface area contributed by atoms with Crippen LogP contribution in [0.3, 0.4) is 0 Å². The van der Waals surface area contributed by atoms with Gasteiger partial charge in [0, 0.05) is 0 Å². The predicted molar refractivity (Wildman–Crippen MR) is 75.1 cm³/mol. The highest BCUT2D eigenvalue weighted by Crippen LogP contribution is 2.22. The lowest BCUT2D eigenvalue weighted by Gasteiger charge is -2.14. The van der Waals surface area contributed by atoms with Crippen molar-refractivity contribution in [3.8, 4) is 0 Å². The van der Waals surface area contributed by atoms with Crippen LogP contribution in [0.1, 0.15) is 22.1 Å². The first-order chi connectivity index (χ1) is 9.49. The van der Waals surface area contributed by atoms with Gasteiger partial charge in [0.05, 0.1) is 5.02 Å². The number of carbonyl (C=O) groups is 2. The molecule has 0 saturated carbocycles. The summed E-state index contributed by atoms with van der Waals surface area (Å²) in [5.74, 6) is -1.76. The molecular formula is C13H10Cl2N2O3. The van der Waals surface area contributed by atoms with E-state index < -0.39 is 17.9 Å². The van der Waals surface area contributed by atoms with E-state index in [0.29, 0.717) is 5.56 Å². The van der Waals surface area contributed by atoms with Crippen molar-refractivity contribution in [2.24, 2.45) is 0 Å². The minimum Gasteiger partial charge on any atom is -0.479 e. The normalized spacial score (nSPS) is 11.9. The molecule has 0 fully saturated rings. The van der Waals surface area contributed by atoms with Crippen molar-refractivity contribution in [2.45, 2.75) is 6.04 Å². The van der Waals surface area contributed by atoms with Gasteiger partial charge >= 0.3 is 5.97 Å². The monoisotopic (exact) mass is 312 g/mol. The zero-order chi connectivity index (χ0) is 14.7. The number of hydrogen-bond acceptors (Lipinski definition) is 2. The average Bonchev–Trinajstić information content (AvgIpc) is 2.76. The summed E-state index contributed by atoms with van der Waals surface area (Å²) >= 11 is 11.4. The smallest absolute Gasteiger partial charge is 0.330 e. The maximum absolute atomic E-state index is 12.0. The van der Waals surface area contributed by atoms with E-state index in [-0.39, 0.29) is 15.9 Å². The molecular weight excluding hydrogens is 303 g/mol. The van der Waals surface area contributed by atoms with Crippen molar-refractivity contribution in [1.29, 1.82) is 0 Å². The fourth-order valence-corrected chi connectivity index (χ4v) is 1.98. The molecule has 0 unspecified atom stereocenters. The molecule has 0 spiro atoms. The lowest BCUT2D eigenvalue weighted by atomic mass is 10.1. The van der Waals surface area contributed by atoms with Gasteiger partial charge < -0.3 is 15.4 Å². The molecule has 20 heavy (non-hydrogen) atoms. The van der Waals surface area contributed by atoms with Crippen LogP contribution in [0.2, 0.25) is 10.2 Å². The molecule has 0 bridgehead atoms. The van der Waals surface area contributed by atoms with Gasteiger partial charge in [0.15, 0.2) is 6.04 Å². The van der Waals surface area contributed by atoms with Crippen LogP contribution < -0.4 is 5.32 Å². The number of aromatic nitrogens is 1. The van der Waals surface area contributed by atoms with E-state index in [0.717, 1.165) is 0 Å². The van der Waals surface area contributed by atoms with Gasteiger partial charge in [-0.3, -0.25) is 4.79 Å². The number of carboxylic acid groups (broad SMARTS) is 1. The Morgan fingerprint density at radius 2 is 1.85 bits per heavy atom. The minimum atomic E-state index is -1.16. The van der Waals surface area contributed by atoms with E-state index in [1.165, 1.54) is 6.07 Å². The molecule has 1 aromatic carbocycles. The summed E-state index contributed by atoms with van der Waals surface area (Å²) in [6, 6.07) is 8.57. The molecule has 3 N–H and O–H groups in total. The molecule has 2 aromatic rings. The molecule has 0 aliphatic heterocycles. The highest BCUT2D eigenvalue weighted by Gasteiger charge is 2.23. The number of carbonyl (C=O) groups excluding carboxylic acids is 1. The molecule has 1 amide bonds. The fourth-order valence-electron chi connectivity index (χ4n) is 1.67. The van der Waals surface area contributed by atoms with Crippen LogP contribution in [-0.4, -0.2) is 22.0 Å². The Kier molecular flexibility index (Phi) is 4.32. The van der Waals surface area contributed by atoms with Gasteiger partial charge in [0.2, 0.25) is 0 Å². The number of amides is 1. The van der Waals surface area contributed by atoms with Gasteiger partial charge in [-0.15, -0.1) is 0 Å². The third-order valence-corrected chi connectivity index (χ3v) is 3.32. The number of H-pyrrole nitrogens is 1. The Balaban J connectivity index is 2.21. The Morgan fingerprint density at radius 1 is 1.20 bits per heavy atom. The molecule has 104 valence electrons. The molecule has 0 saturated heterocycles. The van der Waals surface area contributed by atoms with Gasteiger partial charge in [-0.05, 0) is 11.6 Å². The second kappa shape index (κ2) is 5.98. The van der Waals surface area contributed by atoms with Crippen LogP contribution in [0.5, 0.6) is 0 Å². The van der Waals surface area contributed by atoms with Crippen molar-refractivity contribution < 1.29 is 14.7 Å². The highest BCUT2D eigenvalue weighted by atomic mass is 35.5. The molecule has 1 heterocycles. The van der Waals surface area contributed by atoms with E-state index in [1.807, 2.05) is 0 Å². The largest absolute Gasteiger partial charge is 0.479 e. The molecule has 7 heteroatoms. The molecule has 1 atom stereocenters. The molecule has 0 aliphatic rings. The van der Waals surface area contributed by atoms with E-state index in [1.54, 1.807) is 30.3 Å². The average molecular weight is 313 g/mol. The fraction of sp³-hybridized carbons (Fsp3) is 0.0769. The second-order valence-electron chi connectivity index (χ2n) is 4.00. The van der Waals surface area contributed by atoms with Gasteiger partial charge in [-0.1, -0.05) is 53.5 Å². The van der Waals surface area contributed by atoms with Crippen LogP contribution >= 0.6 is 23.2 Å². The molecule has 5 nitrogen and oxygen atoms in total. The Labute approximate surface area is 124 Å². The Hall–Kier alpha value is -1.98. The summed E-state index contributed by atoms with van der Waals surface area (Å²) in [6.45, 7) is 0. The predicted octanol–water partition coefficient (Wildman–Crippen LogP) is 2.88. The Morgan fingerprint density at radius 3 is 2.35 bits per heavy atom. The summed E-state index contributed by atoms with van der Waals surface area (Å²) in [7, 11) is 0. The first-order valence-electron chi connectivity index (χ1n) is 5.61. The zero-order valence-corrected chi connectivity index (χ0v) is 11.6. The molecule has 2 rings (SSSR count). The third kappa shape index (κ3) is 3.12.